The van der Waals surface area contributed by atoms with Crippen LogP contribution in [0.25, 0.3) is 0 Å². The molecule has 250 valence electrons. The lowest BCUT2D eigenvalue weighted by Gasteiger charge is -2.74. The molecule has 2 spiro atoms. The van der Waals surface area contributed by atoms with E-state index in [-0.39, 0.29) is 22.9 Å². The van der Waals surface area contributed by atoms with E-state index in [0.29, 0.717) is 58.9 Å². The zero-order valence-electron chi connectivity index (χ0n) is 27.7. The minimum Gasteiger partial charge on any atom is -0.487 e. The number of rotatable bonds is 17. The predicted octanol–water partition coefficient (Wildman–Crippen LogP) is 5.19. The number of hydrogen-bond donors (Lipinski definition) is 0. The summed E-state index contributed by atoms with van der Waals surface area (Å²) < 4.78 is 43.3. The standard InChI is InChI=1S/C38H51NO7/c1-40-16-17-42-18-19-43-20-21-45-31-11-10-29-22-32-36-12-13-38(41-2,30(23-36)26-44-25-28-6-4-3-5-7-28)35-37(36,33(29)34(31)46-35)14-15-39(32)24-27-8-9-27/h3-7,10-11,27,30,32,35H,8-9,12-26H2,1-2H3/t30?,32?,35?,36?,37-,38?/m0/s1. The number of methoxy groups -OCH3 is 2. The number of fused-ring (bicyclic) bond motifs is 2. The summed E-state index contributed by atoms with van der Waals surface area (Å²) in [5.74, 6) is 2.97. The van der Waals surface area contributed by atoms with Gasteiger partial charge in [-0.15, -0.1) is 0 Å². The SMILES string of the molecule is COCCOCCOCCOc1ccc2c3c1OC1C4(OC)CCC5(CC4COCc4ccccc4)C(C2)N(CC2CC2)CC[C@]315. The Morgan fingerprint density at radius 3 is 2.46 bits per heavy atom. The molecule has 0 amide bonds. The molecule has 0 aromatic heterocycles. The molecule has 0 N–H and O–H groups in total. The number of ether oxygens (including phenoxy) is 7. The van der Waals surface area contributed by atoms with Gasteiger partial charge in [-0.2, -0.15) is 0 Å². The number of piperidine rings is 1. The molecule has 9 rings (SSSR count). The van der Waals surface area contributed by atoms with Gasteiger partial charge in [0.05, 0.1) is 46.2 Å². The molecule has 2 aromatic carbocycles. The number of nitrogens with zero attached hydrogens (tertiary/aromatic N) is 1. The van der Waals surface area contributed by atoms with E-state index in [9.17, 15) is 0 Å². The Bertz CT molecular complexity index is 1370. The molecule has 6 atom stereocenters. The van der Waals surface area contributed by atoms with Gasteiger partial charge in [-0.1, -0.05) is 36.4 Å². The van der Waals surface area contributed by atoms with Crippen LogP contribution in [0.5, 0.6) is 11.5 Å². The summed E-state index contributed by atoms with van der Waals surface area (Å²) in [6.07, 6.45) is 8.29. The molecule has 8 nitrogen and oxygen atoms in total. The van der Waals surface area contributed by atoms with Crippen molar-refractivity contribution in [1.82, 2.24) is 4.90 Å². The lowest BCUT2D eigenvalue weighted by molar-refractivity contribution is -0.283. The molecule has 5 aliphatic carbocycles. The molecule has 1 saturated heterocycles. The lowest BCUT2D eigenvalue weighted by Crippen LogP contribution is -2.81. The van der Waals surface area contributed by atoms with Crippen molar-refractivity contribution in [2.24, 2.45) is 17.3 Å². The van der Waals surface area contributed by atoms with E-state index in [4.69, 9.17) is 33.2 Å². The quantitative estimate of drug-likeness (QED) is 0.221. The predicted molar refractivity (Wildman–Crippen MR) is 174 cm³/mol. The van der Waals surface area contributed by atoms with Gasteiger partial charge in [-0.25, -0.2) is 0 Å². The minimum atomic E-state index is -0.390. The van der Waals surface area contributed by atoms with Gasteiger partial charge in [-0.3, -0.25) is 4.90 Å². The van der Waals surface area contributed by atoms with Crippen LogP contribution < -0.4 is 9.47 Å². The maximum Gasteiger partial charge on any atom is 0.165 e. The van der Waals surface area contributed by atoms with Crippen LogP contribution in [0, 0.1) is 17.3 Å². The van der Waals surface area contributed by atoms with Crippen LogP contribution in [0.15, 0.2) is 42.5 Å². The van der Waals surface area contributed by atoms with Crippen molar-refractivity contribution in [2.45, 2.75) is 74.7 Å². The Labute approximate surface area is 273 Å². The molecule has 7 aliphatic rings. The molecular formula is C38H51NO7. The highest BCUT2D eigenvalue weighted by molar-refractivity contribution is 5.63. The topological polar surface area (TPSA) is 67.9 Å². The number of benzene rings is 2. The fraction of sp³-hybridized carbons (Fsp3) is 0.684. The van der Waals surface area contributed by atoms with E-state index in [1.54, 1.807) is 7.11 Å². The van der Waals surface area contributed by atoms with Crippen LogP contribution in [0.1, 0.15) is 55.2 Å². The van der Waals surface area contributed by atoms with Gasteiger partial charge in [0.2, 0.25) is 0 Å². The lowest BCUT2D eigenvalue weighted by atomic mass is 9.35. The fourth-order valence-corrected chi connectivity index (χ4v) is 10.4. The van der Waals surface area contributed by atoms with E-state index in [1.165, 1.54) is 42.5 Å². The maximum absolute atomic E-state index is 7.29. The normalized spacial score (nSPS) is 33.6. The Kier molecular flexibility index (Phi) is 8.57. The van der Waals surface area contributed by atoms with Crippen molar-refractivity contribution < 1.29 is 33.2 Å². The molecule has 5 fully saturated rings. The van der Waals surface area contributed by atoms with Crippen LogP contribution >= 0.6 is 0 Å². The Balaban J connectivity index is 1.07. The van der Waals surface area contributed by atoms with Gasteiger partial charge in [0.15, 0.2) is 11.5 Å². The third-order valence-electron chi connectivity index (χ3n) is 12.5. The first-order valence-corrected chi connectivity index (χ1v) is 17.7. The zero-order valence-corrected chi connectivity index (χ0v) is 27.7. The summed E-state index contributed by atoms with van der Waals surface area (Å²) in [6.45, 7) is 6.95. The van der Waals surface area contributed by atoms with Crippen molar-refractivity contribution >= 4 is 0 Å². The molecule has 2 heterocycles. The first-order chi connectivity index (χ1) is 22.6. The van der Waals surface area contributed by atoms with Gasteiger partial charge >= 0.3 is 0 Å². The summed E-state index contributed by atoms with van der Waals surface area (Å²) in [5.41, 5.74) is 3.82. The highest BCUT2D eigenvalue weighted by atomic mass is 16.6. The second-order valence-corrected chi connectivity index (χ2v) is 14.6. The summed E-state index contributed by atoms with van der Waals surface area (Å²) >= 11 is 0. The molecular weight excluding hydrogens is 582 g/mol. The summed E-state index contributed by atoms with van der Waals surface area (Å²) in [4.78, 5) is 2.90. The van der Waals surface area contributed by atoms with Gasteiger partial charge in [0, 0.05) is 49.1 Å². The Morgan fingerprint density at radius 1 is 0.870 bits per heavy atom. The van der Waals surface area contributed by atoms with E-state index in [2.05, 4.69) is 47.4 Å². The second kappa shape index (κ2) is 12.7. The Morgan fingerprint density at radius 2 is 1.67 bits per heavy atom. The molecule has 4 bridgehead atoms. The summed E-state index contributed by atoms with van der Waals surface area (Å²) in [5, 5.41) is 0. The van der Waals surface area contributed by atoms with Crippen LogP contribution in [-0.4, -0.2) is 96.2 Å². The molecule has 2 aliphatic heterocycles. The van der Waals surface area contributed by atoms with Gasteiger partial charge in [0.1, 0.15) is 18.3 Å². The van der Waals surface area contributed by atoms with Crippen molar-refractivity contribution in [3.8, 4) is 11.5 Å². The summed E-state index contributed by atoms with van der Waals surface area (Å²) in [7, 11) is 3.60. The van der Waals surface area contributed by atoms with E-state index < -0.39 is 5.60 Å². The first-order valence-electron chi connectivity index (χ1n) is 17.7. The van der Waals surface area contributed by atoms with Gasteiger partial charge < -0.3 is 33.2 Å². The third-order valence-corrected chi connectivity index (χ3v) is 12.5. The molecule has 2 aromatic rings. The van der Waals surface area contributed by atoms with Crippen LogP contribution in [0.3, 0.4) is 0 Å². The zero-order chi connectivity index (χ0) is 31.2. The van der Waals surface area contributed by atoms with Crippen LogP contribution in [0.4, 0.5) is 0 Å². The van der Waals surface area contributed by atoms with Crippen molar-refractivity contribution in [1.29, 1.82) is 0 Å². The van der Waals surface area contributed by atoms with Crippen molar-refractivity contribution in [2.75, 3.05) is 73.6 Å². The maximum atomic E-state index is 7.29. The van der Waals surface area contributed by atoms with Crippen molar-refractivity contribution in [3.63, 3.8) is 0 Å². The van der Waals surface area contributed by atoms with Gasteiger partial charge in [-0.05, 0) is 74.6 Å². The molecule has 8 heteroatoms. The monoisotopic (exact) mass is 633 g/mol. The number of hydrogen-bond acceptors (Lipinski definition) is 8. The smallest absolute Gasteiger partial charge is 0.165 e. The average molecular weight is 634 g/mol. The van der Waals surface area contributed by atoms with E-state index >= 15 is 0 Å². The first kappa shape index (κ1) is 31.1. The molecule has 0 radical (unpaired) electrons. The molecule has 46 heavy (non-hydrogen) atoms. The third kappa shape index (κ3) is 4.93. The highest BCUT2D eigenvalue weighted by Gasteiger charge is 2.80. The highest BCUT2D eigenvalue weighted by Crippen LogP contribution is 2.76. The summed E-state index contributed by atoms with van der Waals surface area (Å²) in [6, 6.07) is 15.6. The van der Waals surface area contributed by atoms with Crippen LogP contribution in [-0.2, 0) is 42.1 Å². The van der Waals surface area contributed by atoms with Crippen molar-refractivity contribution in [3.05, 3.63) is 59.2 Å². The van der Waals surface area contributed by atoms with E-state index in [1.807, 2.05) is 7.11 Å². The molecule has 4 saturated carbocycles. The fourth-order valence-electron chi connectivity index (χ4n) is 10.4. The second-order valence-electron chi connectivity index (χ2n) is 14.6. The van der Waals surface area contributed by atoms with Gasteiger partial charge in [0.25, 0.3) is 0 Å². The minimum absolute atomic E-state index is 0.0392. The molecule has 5 unspecified atom stereocenters. The average Bonchev–Trinajstić information content (AvgIpc) is 3.83. The van der Waals surface area contributed by atoms with Crippen LogP contribution in [0.2, 0.25) is 0 Å². The Hall–Kier alpha value is -2.20. The number of likely N-dealkylation sites (tertiary alicyclic amines) is 1. The van der Waals surface area contributed by atoms with E-state index in [0.717, 1.165) is 49.6 Å². The largest absolute Gasteiger partial charge is 0.487 e.